The molecule has 1 aliphatic heterocycles. The van der Waals surface area contributed by atoms with Crippen LogP contribution >= 0.6 is 0 Å². The first-order chi connectivity index (χ1) is 8.16. The summed E-state index contributed by atoms with van der Waals surface area (Å²) in [6, 6.07) is 2.61. The summed E-state index contributed by atoms with van der Waals surface area (Å²) in [6.07, 6.45) is 0.646. The Bertz CT molecular complexity index is 387. The van der Waals surface area contributed by atoms with Gasteiger partial charge in [0.2, 0.25) is 0 Å². The molecule has 2 nitrogen and oxygen atoms in total. The second-order valence-electron chi connectivity index (χ2n) is 4.53. The van der Waals surface area contributed by atoms with Crippen LogP contribution < -0.4 is 5.32 Å². The molecule has 0 unspecified atom stereocenters. The van der Waals surface area contributed by atoms with Crippen molar-refractivity contribution in [1.29, 1.82) is 0 Å². The highest BCUT2D eigenvalue weighted by molar-refractivity contribution is 5.25. The van der Waals surface area contributed by atoms with E-state index >= 15 is 0 Å². The molecule has 17 heavy (non-hydrogen) atoms. The van der Waals surface area contributed by atoms with Gasteiger partial charge in [0.15, 0.2) is 0 Å². The Labute approximate surface area is 101 Å². The van der Waals surface area contributed by atoms with E-state index in [0.717, 1.165) is 38.8 Å². The van der Waals surface area contributed by atoms with Crippen molar-refractivity contribution in [3.8, 4) is 0 Å². The van der Waals surface area contributed by atoms with E-state index < -0.39 is 11.6 Å². The van der Waals surface area contributed by atoms with Crippen LogP contribution in [0.15, 0.2) is 12.1 Å². The SMILES string of the molecule is Cc1cc(CCN2CCNCC2)c(F)cc1F. The van der Waals surface area contributed by atoms with E-state index in [1.807, 2.05) is 0 Å². The number of nitrogens with zero attached hydrogens (tertiary/aromatic N) is 1. The normalized spacial score (nSPS) is 17.4. The van der Waals surface area contributed by atoms with Crippen molar-refractivity contribution in [3.63, 3.8) is 0 Å². The van der Waals surface area contributed by atoms with Crippen molar-refractivity contribution in [3.05, 3.63) is 34.9 Å². The van der Waals surface area contributed by atoms with Gasteiger partial charge in [-0.2, -0.15) is 0 Å². The number of halogens is 2. The molecule has 0 saturated carbocycles. The van der Waals surface area contributed by atoms with Crippen LogP contribution in [0.4, 0.5) is 8.78 Å². The molecule has 94 valence electrons. The molecule has 1 fully saturated rings. The van der Waals surface area contributed by atoms with Crippen molar-refractivity contribution in [2.24, 2.45) is 0 Å². The van der Waals surface area contributed by atoms with Gasteiger partial charge < -0.3 is 10.2 Å². The number of rotatable bonds is 3. The van der Waals surface area contributed by atoms with Crippen LogP contribution in [0.3, 0.4) is 0 Å². The Morgan fingerprint density at radius 3 is 2.59 bits per heavy atom. The van der Waals surface area contributed by atoms with Gasteiger partial charge in [0.25, 0.3) is 0 Å². The molecule has 1 saturated heterocycles. The first-order valence-corrected chi connectivity index (χ1v) is 6.04. The molecule has 1 heterocycles. The second kappa shape index (κ2) is 5.56. The van der Waals surface area contributed by atoms with Crippen LogP contribution in [0.5, 0.6) is 0 Å². The number of nitrogens with one attached hydrogen (secondary N) is 1. The molecule has 4 heteroatoms. The predicted molar refractivity (Wildman–Crippen MR) is 64.1 cm³/mol. The van der Waals surface area contributed by atoms with Gasteiger partial charge in [0.1, 0.15) is 11.6 Å². The highest BCUT2D eigenvalue weighted by atomic mass is 19.1. The maximum Gasteiger partial charge on any atom is 0.129 e. The molecule has 2 rings (SSSR count). The van der Waals surface area contributed by atoms with Crippen LogP contribution in [0.1, 0.15) is 11.1 Å². The highest BCUT2D eigenvalue weighted by Crippen LogP contribution is 2.15. The van der Waals surface area contributed by atoms with E-state index in [1.165, 1.54) is 0 Å². The summed E-state index contributed by atoms with van der Waals surface area (Å²) in [4.78, 5) is 2.30. The molecule has 0 aliphatic carbocycles. The molecule has 1 aromatic carbocycles. The van der Waals surface area contributed by atoms with Crippen LogP contribution in [-0.2, 0) is 6.42 Å². The summed E-state index contributed by atoms with van der Waals surface area (Å²) in [5, 5.41) is 3.28. The number of benzene rings is 1. The second-order valence-corrected chi connectivity index (χ2v) is 4.53. The fourth-order valence-corrected chi connectivity index (χ4v) is 2.12. The van der Waals surface area contributed by atoms with E-state index in [1.54, 1.807) is 13.0 Å². The Balaban J connectivity index is 1.96. The maximum absolute atomic E-state index is 13.5. The fraction of sp³-hybridized carbons (Fsp3) is 0.538. The van der Waals surface area contributed by atoms with Crippen molar-refractivity contribution in [2.75, 3.05) is 32.7 Å². The first-order valence-electron chi connectivity index (χ1n) is 6.04. The van der Waals surface area contributed by atoms with Crippen molar-refractivity contribution in [2.45, 2.75) is 13.3 Å². The van der Waals surface area contributed by atoms with Gasteiger partial charge in [-0.25, -0.2) is 8.78 Å². The lowest BCUT2D eigenvalue weighted by Gasteiger charge is -2.27. The smallest absolute Gasteiger partial charge is 0.129 e. The summed E-state index contributed by atoms with van der Waals surface area (Å²) < 4.78 is 26.6. The van der Waals surface area contributed by atoms with Crippen LogP contribution in [0.2, 0.25) is 0 Å². The van der Waals surface area contributed by atoms with E-state index in [0.29, 0.717) is 17.5 Å². The monoisotopic (exact) mass is 240 g/mol. The topological polar surface area (TPSA) is 15.3 Å². The molecule has 1 aromatic rings. The lowest BCUT2D eigenvalue weighted by atomic mass is 10.1. The molecular formula is C13H18F2N2. The lowest BCUT2D eigenvalue weighted by Crippen LogP contribution is -2.44. The zero-order valence-corrected chi connectivity index (χ0v) is 10.1. The van der Waals surface area contributed by atoms with Gasteiger partial charge in [0.05, 0.1) is 0 Å². The standard InChI is InChI=1S/C13H18F2N2/c1-10-8-11(13(15)9-12(10)14)2-5-17-6-3-16-4-7-17/h8-9,16H,2-7H2,1H3. The van der Waals surface area contributed by atoms with Gasteiger partial charge in [-0.1, -0.05) is 6.07 Å². The number of aryl methyl sites for hydroxylation is 1. The fourth-order valence-electron chi connectivity index (χ4n) is 2.12. The summed E-state index contributed by atoms with van der Waals surface area (Å²) in [7, 11) is 0. The molecule has 0 aromatic heterocycles. The molecule has 0 spiro atoms. The van der Waals surface area contributed by atoms with Gasteiger partial charge in [-0.05, 0) is 24.5 Å². The number of hydrogen-bond acceptors (Lipinski definition) is 2. The third kappa shape index (κ3) is 3.23. The van der Waals surface area contributed by atoms with Crippen LogP contribution in [0, 0.1) is 18.6 Å². The van der Waals surface area contributed by atoms with Crippen molar-refractivity contribution in [1.82, 2.24) is 10.2 Å². The average Bonchev–Trinajstić information content (AvgIpc) is 2.33. The zero-order valence-electron chi connectivity index (χ0n) is 10.1. The Kier molecular flexibility index (Phi) is 4.07. The van der Waals surface area contributed by atoms with Gasteiger partial charge in [0, 0.05) is 38.8 Å². The Morgan fingerprint density at radius 2 is 1.88 bits per heavy atom. The molecule has 0 atom stereocenters. The summed E-state index contributed by atoms with van der Waals surface area (Å²) in [5.41, 5.74) is 1.13. The third-order valence-corrected chi connectivity index (χ3v) is 3.23. The highest BCUT2D eigenvalue weighted by Gasteiger charge is 2.12. The minimum atomic E-state index is -0.464. The van der Waals surface area contributed by atoms with E-state index in [-0.39, 0.29) is 0 Å². The van der Waals surface area contributed by atoms with Crippen LogP contribution in [-0.4, -0.2) is 37.6 Å². The van der Waals surface area contributed by atoms with Crippen LogP contribution in [0.25, 0.3) is 0 Å². The molecule has 1 aliphatic rings. The number of hydrogen-bond donors (Lipinski definition) is 1. The lowest BCUT2D eigenvalue weighted by molar-refractivity contribution is 0.243. The quantitative estimate of drug-likeness (QED) is 0.865. The van der Waals surface area contributed by atoms with Gasteiger partial charge in [-0.15, -0.1) is 0 Å². The maximum atomic E-state index is 13.5. The molecule has 1 N–H and O–H groups in total. The van der Waals surface area contributed by atoms with Gasteiger partial charge >= 0.3 is 0 Å². The average molecular weight is 240 g/mol. The summed E-state index contributed by atoms with van der Waals surface area (Å²) in [5.74, 6) is -0.892. The van der Waals surface area contributed by atoms with E-state index in [4.69, 9.17) is 0 Å². The minimum Gasteiger partial charge on any atom is -0.314 e. The predicted octanol–water partition coefficient (Wildman–Crippen LogP) is 1.72. The first kappa shape index (κ1) is 12.5. The Morgan fingerprint density at radius 1 is 1.18 bits per heavy atom. The summed E-state index contributed by atoms with van der Waals surface area (Å²) >= 11 is 0. The Hall–Kier alpha value is -1.00. The third-order valence-electron chi connectivity index (χ3n) is 3.23. The number of piperazine rings is 1. The zero-order chi connectivity index (χ0) is 12.3. The van der Waals surface area contributed by atoms with Gasteiger partial charge in [-0.3, -0.25) is 0 Å². The molecule has 0 radical (unpaired) electrons. The van der Waals surface area contributed by atoms with E-state index in [9.17, 15) is 8.78 Å². The largest absolute Gasteiger partial charge is 0.314 e. The van der Waals surface area contributed by atoms with Crippen molar-refractivity contribution < 1.29 is 8.78 Å². The van der Waals surface area contributed by atoms with E-state index in [2.05, 4.69) is 10.2 Å². The minimum absolute atomic E-state index is 0.428. The summed E-state index contributed by atoms with van der Waals surface area (Å²) in [6.45, 7) is 6.49. The molecular weight excluding hydrogens is 222 g/mol. The molecule has 0 amide bonds. The van der Waals surface area contributed by atoms with Crippen molar-refractivity contribution >= 4 is 0 Å². The molecule has 0 bridgehead atoms.